The van der Waals surface area contributed by atoms with E-state index in [9.17, 15) is 9.59 Å². The third-order valence-corrected chi connectivity index (χ3v) is 2.84. The Balaban J connectivity index is 2.06. The molecule has 1 fully saturated rings. The number of carbonyl (C=O) groups excluding carboxylic acids is 2. The number of ether oxygens (including phenoxy) is 1. The SMILES string of the molecule is CC1CC1CC(=O)CCNC(=O)OC(C)(C)C. The van der Waals surface area contributed by atoms with Crippen molar-refractivity contribution in [1.82, 2.24) is 5.32 Å². The molecule has 0 saturated heterocycles. The number of hydrogen-bond donors (Lipinski definition) is 1. The minimum Gasteiger partial charge on any atom is -0.444 e. The molecular weight excluding hydrogens is 218 g/mol. The summed E-state index contributed by atoms with van der Waals surface area (Å²) in [6, 6.07) is 0. The largest absolute Gasteiger partial charge is 0.444 e. The van der Waals surface area contributed by atoms with Crippen LogP contribution in [0.5, 0.6) is 0 Å². The van der Waals surface area contributed by atoms with E-state index in [1.54, 1.807) is 0 Å². The fourth-order valence-electron chi connectivity index (χ4n) is 1.70. The summed E-state index contributed by atoms with van der Waals surface area (Å²) >= 11 is 0. The van der Waals surface area contributed by atoms with Crippen LogP contribution in [0.3, 0.4) is 0 Å². The molecule has 0 heterocycles. The van der Waals surface area contributed by atoms with Gasteiger partial charge in [0.05, 0.1) is 0 Å². The molecule has 2 unspecified atom stereocenters. The zero-order valence-electron chi connectivity index (χ0n) is 11.2. The van der Waals surface area contributed by atoms with Crippen molar-refractivity contribution < 1.29 is 14.3 Å². The molecule has 0 bridgehead atoms. The Morgan fingerprint density at radius 2 is 1.94 bits per heavy atom. The van der Waals surface area contributed by atoms with Crippen LogP contribution in [-0.4, -0.2) is 24.0 Å². The molecule has 1 rings (SSSR count). The second-order valence-electron chi connectivity index (χ2n) is 5.89. The molecule has 2 atom stereocenters. The van der Waals surface area contributed by atoms with E-state index in [0.717, 1.165) is 0 Å². The highest BCUT2D eigenvalue weighted by molar-refractivity contribution is 5.79. The molecule has 1 aliphatic rings. The Kier molecular flexibility index (Phi) is 4.54. The van der Waals surface area contributed by atoms with Gasteiger partial charge in [-0.05, 0) is 39.0 Å². The van der Waals surface area contributed by atoms with Crippen molar-refractivity contribution in [2.75, 3.05) is 6.54 Å². The van der Waals surface area contributed by atoms with Gasteiger partial charge in [0, 0.05) is 19.4 Å². The van der Waals surface area contributed by atoms with Gasteiger partial charge >= 0.3 is 6.09 Å². The lowest BCUT2D eigenvalue weighted by molar-refractivity contribution is -0.119. The van der Waals surface area contributed by atoms with Gasteiger partial charge in [0.15, 0.2) is 0 Å². The second kappa shape index (κ2) is 5.52. The molecule has 1 saturated carbocycles. The maximum absolute atomic E-state index is 11.5. The second-order valence-corrected chi connectivity index (χ2v) is 5.89. The molecule has 0 aromatic rings. The van der Waals surface area contributed by atoms with E-state index in [2.05, 4.69) is 12.2 Å². The fraction of sp³-hybridized carbons (Fsp3) is 0.846. The number of ketones is 1. The molecule has 1 amide bonds. The van der Waals surface area contributed by atoms with Crippen molar-refractivity contribution in [3.05, 3.63) is 0 Å². The van der Waals surface area contributed by atoms with Gasteiger partial charge in [-0.1, -0.05) is 6.92 Å². The molecule has 0 spiro atoms. The number of nitrogens with one attached hydrogen (secondary N) is 1. The van der Waals surface area contributed by atoms with Gasteiger partial charge < -0.3 is 10.1 Å². The number of carbonyl (C=O) groups is 2. The van der Waals surface area contributed by atoms with Crippen LogP contribution in [-0.2, 0) is 9.53 Å². The minimum absolute atomic E-state index is 0.232. The van der Waals surface area contributed by atoms with Gasteiger partial charge in [-0.25, -0.2) is 4.79 Å². The third kappa shape index (κ3) is 6.29. The average Bonchev–Trinajstić information content (AvgIpc) is 2.77. The number of alkyl carbamates (subject to hydrolysis) is 1. The van der Waals surface area contributed by atoms with Crippen LogP contribution in [0.1, 0.15) is 47.0 Å². The highest BCUT2D eigenvalue weighted by Gasteiger charge is 2.33. The number of hydrogen-bond acceptors (Lipinski definition) is 3. The predicted octanol–water partition coefficient (Wildman–Crippen LogP) is 2.52. The Morgan fingerprint density at radius 1 is 1.35 bits per heavy atom. The molecule has 98 valence electrons. The molecule has 0 radical (unpaired) electrons. The van der Waals surface area contributed by atoms with Crippen LogP contribution in [0.25, 0.3) is 0 Å². The van der Waals surface area contributed by atoms with Crippen molar-refractivity contribution >= 4 is 11.9 Å². The first-order valence-electron chi connectivity index (χ1n) is 6.26. The Bertz CT molecular complexity index is 294. The summed E-state index contributed by atoms with van der Waals surface area (Å²) in [6.07, 6.45) is 1.79. The van der Waals surface area contributed by atoms with Gasteiger partial charge in [-0.2, -0.15) is 0 Å². The van der Waals surface area contributed by atoms with Crippen LogP contribution < -0.4 is 5.32 Å². The van der Waals surface area contributed by atoms with Crippen LogP contribution in [0, 0.1) is 11.8 Å². The first-order valence-corrected chi connectivity index (χ1v) is 6.26. The number of rotatable bonds is 5. The summed E-state index contributed by atoms with van der Waals surface area (Å²) in [6.45, 7) is 7.97. The monoisotopic (exact) mass is 241 g/mol. The topological polar surface area (TPSA) is 55.4 Å². The summed E-state index contributed by atoms with van der Waals surface area (Å²) in [4.78, 5) is 22.8. The van der Waals surface area contributed by atoms with Gasteiger partial charge in [-0.15, -0.1) is 0 Å². The predicted molar refractivity (Wildman–Crippen MR) is 65.7 cm³/mol. The molecule has 0 aliphatic heterocycles. The van der Waals surface area contributed by atoms with E-state index >= 15 is 0 Å². The van der Waals surface area contributed by atoms with Crippen LogP contribution >= 0.6 is 0 Å². The zero-order valence-corrected chi connectivity index (χ0v) is 11.2. The summed E-state index contributed by atoms with van der Waals surface area (Å²) in [5.74, 6) is 1.53. The number of Topliss-reactive ketones (excluding diaryl/α,β-unsaturated/α-hetero) is 1. The first-order chi connectivity index (χ1) is 7.78. The van der Waals surface area contributed by atoms with Crippen molar-refractivity contribution in [3.8, 4) is 0 Å². The highest BCUT2D eigenvalue weighted by atomic mass is 16.6. The molecule has 0 aromatic carbocycles. The van der Waals surface area contributed by atoms with E-state index in [1.807, 2.05) is 20.8 Å². The van der Waals surface area contributed by atoms with Crippen molar-refractivity contribution in [3.63, 3.8) is 0 Å². The lowest BCUT2D eigenvalue weighted by atomic mass is 10.1. The van der Waals surface area contributed by atoms with E-state index in [1.165, 1.54) is 6.42 Å². The van der Waals surface area contributed by atoms with Crippen molar-refractivity contribution in [2.45, 2.75) is 52.6 Å². The molecule has 0 aromatic heterocycles. The van der Waals surface area contributed by atoms with Gasteiger partial charge in [0.1, 0.15) is 11.4 Å². The van der Waals surface area contributed by atoms with E-state index < -0.39 is 11.7 Å². The highest BCUT2D eigenvalue weighted by Crippen LogP contribution is 2.40. The van der Waals surface area contributed by atoms with E-state index in [-0.39, 0.29) is 5.78 Å². The molecule has 17 heavy (non-hydrogen) atoms. The van der Waals surface area contributed by atoms with Crippen molar-refractivity contribution in [1.29, 1.82) is 0 Å². The average molecular weight is 241 g/mol. The summed E-state index contributed by atoms with van der Waals surface area (Å²) in [7, 11) is 0. The fourth-order valence-corrected chi connectivity index (χ4v) is 1.70. The van der Waals surface area contributed by atoms with Crippen LogP contribution in [0.15, 0.2) is 0 Å². The lowest BCUT2D eigenvalue weighted by Crippen LogP contribution is -2.33. The van der Waals surface area contributed by atoms with Gasteiger partial charge in [-0.3, -0.25) is 4.79 Å². The molecule has 4 heteroatoms. The Hall–Kier alpha value is -1.06. The molecule has 4 nitrogen and oxygen atoms in total. The first kappa shape index (κ1) is 14.0. The Morgan fingerprint density at radius 3 is 2.41 bits per heavy atom. The maximum Gasteiger partial charge on any atom is 0.407 e. The molecule has 1 aliphatic carbocycles. The Labute approximate surface area is 103 Å². The smallest absolute Gasteiger partial charge is 0.407 e. The summed E-state index contributed by atoms with van der Waals surface area (Å²) in [5, 5.41) is 2.59. The lowest BCUT2D eigenvalue weighted by Gasteiger charge is -2.19. The van der Waals surface area contributed by atoms with Crippen LogP contribution in [0.4, 0.5) is 4.79 Å². The van der Waals surface area contributed by atoms with E-state index in [4.69, 9.17) is 4.74 Å². The normalized spacial score (nSPS) is 23.1. The summed E-state index contributed by atoms with van der Waals surface area (Å²) < 4.78 is 5.07. The zero-order chi connectivity index (χ0) is 13.1. The standard InChI is InChI=1S/C13H23NO3/c1-9-7-10(9)8-11(15)5-6-14-12(16)17-13(2,3)4/h9-10H,5-8H2,1-4H3,(H,14,16). The van der Waals surface area contributed by atoms with Gasteiger partial charge in [0.2, 0.25) is 0 Å². The number of amides is 1. The summed E-state index contributed by atoms with van der Waals surface area (Å²) in [5.41, 5.74) is -0.489. The quantitative estimate of drug-likeness (QED) is 0.804. The third-order valence-electron chi connectivity index (χ3n) is 2.84. The van der Waals surface area contributed by atoms with Crippen LogP contribution in [0.2, 0.25) is 0 Å². The van der Waals surface area contributed by atoms with Gasteiger partial charge in [0.25, 0.3) is 0 Å². The van der Waals surface area contributed by atoms with E-state index in [0.29, 0.717) is 31.2 Å². The minimum atomic E-state index is -0.489. The van der Waals surface area contributed by atoms with Crippen molar-refractivity contribution in [2.24, 2.45) is 11.8 Å². The molecular formula is C13H23NO3. The maximum atomic E-state index is 11.5. The molecule has 1 N–H and O–H groups in total.